The zero-order valence-electron chi connectivity index (χ0n) is 28.0. The molecule has 0 unspecified atom stereocenters. The highest BCUT2D eigenvalue weighted by Gasteiger charge is 2.22. The second-order valence-corrected chi connectivity index (χ2v) is 13.1. The maximum atomic E-state index is 4.86. The zero-order chi connectivity index (χ0) is 32.4. The van der Waals surface area contributed by atoms with Crippen LogP contribution >= 0.6 is 0 Å². The van der Waals surface area contributed by atoms with E-state index in [1.165, 1.54) is 77.0 Å². The first kappa shape index (κ1) is 32.0. The number of hydrogen-bond donors (Lipinski definition) is 2. The molecule has 0 spiro atoms. The highest BCUT2D eigenvalue weighted by atomic mass is 15.4. The molecule has 0 radical (unpaired) electrons. The van der Waals surface area contributed by atoms with Crippen LogP contribution in [0.3, 0.4) is 0 Å². The van der Waals surface area contributed by atoms with Gasteiger partial charge in [0.05, 0.1) is 12.4 Å². The molecule has 6 heterocycles. The number of anilines is 6. The highest BCUT2D eigenvalue weighted by molar-refractivity contribution is 5.84. The Hall–Kier alpha value is -4.62. The van der Waals surface area contributed by atoms with Crippen molar-refractivity contribution in [3.8, 4) is 0 Å². The Morgan fingerprint density at radius 2 is 0.667 bits per heavy atom. The maximum Gasteiger partial charge on any atom is 0.250 e. The van der Waals surface area contributed by atoms with E-state index in [0.717, 1.165) is 87.3 Å². The predicted octanol–water partition coefficient (Wildman–Crippen LogP) is 4.91. The van der Waals surface area contributed by atoms with E-state index in [-0.39, 0.29) is 0 Å². The van der Waals surface area contributed by atoms with Gasteiger partial charge in [-0.3, -0.25) is 0 Å². The summed E-state index contributed by atoms with van der Waals surface area (Å²) in [6.07, 6.45) is 17.9. The van der Waals surface area contributed by atoms with Crippen molar-refractivity contribution >= 4 is 48.1 Å². The van der Waals surface area contributed by atoms with Crippen LogP contribution < -0.4 is 30.5 Å². The van der Waals surface area contributed by atoms with Crippen LogP contribution in [0.5, 0.6) is 0 Å². The Morgan fingerprint density at radius 1 is 0.396 bits per heavy atom. The van der Waals surface area contributed by atoms with Crippen LogP contribution in [0.4, 0.5) is 35.7 Å². The van der Waals surface area contributed by atoms with Crippen molar-refractivity contribution < 1.29 is 0 Å². The molecule has 0 amide bonds. The summed E-state index contributed by atoms with van der Waals surface area (Å²) in [5.41, 5.74) is 8.03. The molecule has 14 nitrogen and oxygen atoms in total. The normalized spacial score (nSPS) is 19.3. The lowest BCUT2D eigenvalue weighted by molar-refractivity contribution is 0.556. The molecule has 4 aliphatic heterocycles. The summed E-state index contributed by atoms with van der Waals surface area (Å²) in [5, 5.41) is 8.94. The quantitative estimate of drug-likeness (QED) is 0.227. The van der Waals surface area contributed by atoms with Crippen molar-refractivity contribution in [2.75, 3.05) is 82.8 Å². The van der Waals surface area contributed by atoms with Crippen LogP contribution in [0.25, 0.3) is 0 Å². The molecule has 0 bridgehead atoms. The van der Waals surface area contributed by atoms with Crippen LogP contribution in [0.15, 0.2) is 34.5 Å². The second kappa shape index (κ2) is 16.0. The molecule has 4 fully saturated rings. The molecule has 48 heavy (non-hydrogen) atoms. The molecule has 0 saturated carbocycles. The summed E-state index contributed by atoms with van der Waals surface area (Å²) >= 11 is 0. The number of aromatic nitrogens is 6. The molecule has 2 aromatic heterocycles. The summed E-state index contributed by atoms with van der Waals surface area (Å²) in [6.45, 7) is 7.83. The number of benzene rings is 1. The number of piperidine rings is 4. The van der Waals surface area contributed by atoms with Crippen LogP contribution in [-0.2, 0) is 0 Å². The van der Waals surface area contributed by atoms with Crippen molar-refractivity contribution in [2.45, 2.75) is 77.0 Å². The van der Waals surface area contributed by atoms with Gasteiger partial charge in [-0.1, -0.05) is 24.3 Å². The molecule has 4 aliphatic rings. The molecule has 254 valence electrons. The van der Waals surface area contributed by atoms with Gasteiger partial charge in [-0.05, 0) is 88.2 Å². The van der Waals surface area contributed by atoms with Crippen LogP contribution in [0.2, 0.25) is 0 Å². The van der Waals surface area contributed by atoms with Crippen molar-refractivity contribution in [1.82, 2.24) is 29.9 Å². The first-order chi connectivity index (χ1) is 23.8. The molecule has 14 heteroatoms. The number of nitrogens with zero attached hydrogens (tertiary/aromatic N) is 12. The van der Waals surface area contributed by atoms with Gasteiger partial charge in [0, 0.05) is 52.4 Å². The second-order valence-electron chi connectivity index (χ2n) is 13.1. The lowest BCUT2D eigenvalue weighted by Gasteiger charge is -2.30. The molecule has 1 aromatic carbocycles. The topological polar surface area (TPSA) is 139 Å². The van der Waals surface area contributed by atoms with Crippen LogP contribution in [0, 0.1) is 0 Å². The van der Waals surface area contributed by atoms with Gasteiger partial charge >= 0.3 is 0 Å². The minimum absolute atomic E-state index is 0.474. The Bertz CT molecular complexity index is 1330. The van der Waals surface area contributed by atoms with Crippen molar-refractivity contribution in [3.05, 3.63) is 35.4 Å². The SMILES string of the molecule is C(=N\Nc1nc(N2CCCCC2)nc(N2CCCCC2)n1)/c1ccc(/C=N/Nc2nc(N3CCCCC3)nc(N3CCCCC3)n2)cc1. The van der Waals surface area contributed by atoms with Gasteiger partial charge in [0.25, 0.3) is 0 Å². The third kappa shape index (κ3) is 8.45. The van der Waals surface area contributed by atoms with Gasteiger partial charge in [0.1, 0.15) is 0 Å². The third-order valence-corrected chi connectivity index (χ3v) is 9.47. The van der Waals surface area contributed by atoms with Crippen LogP contribution in [-0.4, -0.2) is 94.7 Å². The van der Waals surface area contributed by atoms with Gasteiger partial charge in [0.15, 0.2) is 0 Å². The number of hydrogen-bond acceptors (Lipinski definition) is 14. The van der Waals surface area contributed by atoms with E-state index in [0.29, 0.717) is 11.9 Å². The number of rotatable bonds is 10. The summed E-state index contributed by atoms with van der Waals surface area (Å²) in [5.74, 6) is 3.90. The average Bonchev–Trinajstić information content (AvgIpc) is 3.17. The monoisotopic (exact) mass is 652 g/mol. The molecule has 3 aromatic rings. The first-order valence-corrected chi connectivity index (χ1v) is 18.0. The van der Waals surface area contributed by atoms with Gasteiger partial charge in [-0.25, -0.2) is 10.9 Å². The lowest BCUT2D eigenvalue weighted by Crippen LogP contribution is -2.34. The summed E-state index contributed by atoms with van der Waals surface area (Å²) in [4.78, 5) is 37.7. The van der Waals surface area contributed by atoms with E-state index in [9.17, 15) is 0 Å². The Balaban J connectivity index is 0.989. The minimum Gasteiger partial charge on any atom is -0.341 e. The molecule has 0 atom stereocenters. The highest BCUT2D eigenvalue weighted by Crippen LogP contribution is 2.24. The zero-order valence-corrected chi connectivity index (χ0v) is 28.0. The predicted molar refractivity (Wildman–Crippen MR) is 193 cm³/mol. The van der Waals surface area contributed by atoms with E-state index in [2.05, 4.69) is 40.7 Å². The summed E-state index contributed by atoms with van der Waals surface area (Å²) in [7, 11) is 0. The van der Waals surface area contributed by atoms with E-state index >= 15 is 0 Å². The fraction of sp³-hybridized carbons (Fsp3) is 0.588. The first-order valence-electron chi connectivity index (χ1n) is 18.0. The Kier molecular flexibility index (Phi) is 10.6. The largest absolute Gasteiger partial charge is 0.341 e. The minimum atomic E-state index is 0.474. The van der Waals surface area contributed by atoms with Crippen molar-refractivity contribution in [3.63, 3.8) is 0 Å². The number of nitrogens with one attached hydrogen (secondary N) is 2. The molecule has 0 aliphatic carbocycles. The van der Waals surface area contributed by atoms with E-state index in [4.69, 9.17) is 29.9 Å². The van der Waals surface area contributed by atoms with Crippen LogP contribution in [0.1, 0.15) is 88.2 Å². The number of hydrazone groups is 2. The standard InChI is InChI=1S/C34H48N14/c1-5-17-45(18-6-1)31-37-29(38-32(41-31)46-19-7-2-8-20-46)43-35-25-27-13-15-28(16-14-27)26-36-44-30-39-33(47-21-9-3-10-22-47)42-34(40-30)48-23-11-4-12-24-48/h13-16,25-26H,1-12,17-24H2,(H,37,38,41,43)(H,39,40,42,44)/b35-25+,36-26+. The lowest BCUT2D eigenvalue weighted by atomic mass is 10.1. The maximum absolute atomic E-state index is 4.86. The van der Waals surface area contributed by atoms with Gasteiger partial charge < -0.3 is 19.6 Å². The van der Waals surface area contributed by atoms with E-state index in [1.807, 2.05) is 24.3 Å². The Labute approximate surface area is 283 Å². The molecular weight excluding hydrogens is 604 g/mol. The third-order valence-electron chi connectivity index (χ3n) is 9.47. The smallest absolute Gasteiger partial charge is 0.250 e. The van der Waals surface area contributed by atoms with Gasteiger partial charge in [-0.15, -0.1) is 0 Å². The average molecular weight is 653 g/mol. The summed E-state index contributed by atoms with van der Waals surface area (Å²) in [6, 6.07) is 8.02. The summed E-state index contributed by atoms with van der Waals surface area (Å²) < 4.78 is 0. The van der Waals surface area contributed by atoms with Crippen molar-refractivity contribution in [2.24, 2.45) is 10.2 Å². The van der Waals surface area contributed by atoms with E-state index < -0.39 is 0 Å². The van der Waals surface area contributed by atoms with Crippen molar-refractivity contribution in [1.29, 1.82) is 0 Å². The molecule has 4 saturated heterocycles. The van der Waals surface area contributed by atoms with Gasteiger partial charge in [0.2, 0.25) is 35.7 Å². The van der Waals surface area contributed by atoms with E-state index in [1.54, 1.807) is 12.4 Å². The molecular formula is C34H48N14. The Morgan fingerprint density at radius 3 is 0.938 bits per heavy atom. The molecule has 7 rings (SSSR count). The fourth-order valence-corrected chi connectivity index (χ4v) is 6.75. The molecule has 2 N–H and O–H groups in total. The fourth-order valence-electron chi connectivity index (χ4n) is 6.75. The van der Waals surface area contributed by atoms with Gasteiger partial charge in [-0.2, -0.15) is 40.1 Å².